The molecule has 0 spiro atoms. The van der Waals surface area contributed by atoms with Crippen LogP contribution in [0.5, 0.6) is 0 Å². The van der Waals surface area contributed by atoms with Gasteiger partial charge in [0.1, 0.15) is 0 Å². The Kier molecular flexibility index (Phi) is 3.50. The van der Waals surface area contributed by atoms with Gasteiger partial charge in [0.2, 0.25) is 0 Å². The van der Waals surface area contributed by atoms with Crippen LogP contribution in [0.15, 0.2) is 22.7 Å². The molecular weight excluding hydrogens is 278 g/mol. The molecule has 0 aromatic heterocycles. The first-order valence-electron chi connectivity index (χ1n) is 6.08. The Morgan fingerprint density at radius 1 is 1.47 bits per heavy atom. The topological polar surface area (TPSA) is 23.5 Å². The summed E-state index contributed by atoms with van der Waals surface area (Å²) in [6, 6.07) is 6.47. The number of aryl methyl sites for hydroxylation is 1. The van der Waals surface area contributed by atoms with Crippen molar-refractivity contribution >= 4 is 21.6 Å². The van der Waals surface area contributed by atoms with Gasteiger partial charge in [0.15, 0.2) is 0 Å². The second-order valence-electron chi connectivity index (χ2n) is 5.61. The average molecular weight is 298 g/mol. The summed E-state index contributed by atoms with van der Waals surface area (Å²) in [5, 5.41) is 9.33. The highest BCUT2D eigenvalue weighted by Crippen LogP contribution is 2.37. The van der Waals surface area contributed by atoms with Crippen LogP contribution in [0, 0.1) is 12.8 Å². The minimum absolute atomic E-state index is 0.133. The van der Waals surface area contributed by atoms with Crippen molar-refractivity contribution in [1.82, 2.24) is 0 Å². The van der Waals surface area contributed by atoms with E-state index < -0.39 is 0 Å². The molecule has 0 amide bonds. The van der Waals surface area contributed by atoms with Crippen LogP contribution >= 0.6 is 15.9 Å². The van der Waals surface area contributed by atoms with Crippen molar-refractivity contribution in [2.75, 3.05) is 18.1 Å². The zero-order valence-electron chi connectivity index (χ0n) is 10.7. The van der Waals surface area contributed by atoms with E-state index in [-0.39, 0.29) is 12.1 Å². The fourth-order valence-corrected chi connectivity index (χ4v) is 3.01. The Morgan fingerprint density at radius 3 is 2.71 bits per heavy atom. The van der Waals surface area contributed by atoms with Gasteiger partial charge in [0, 0.05) is 34.8 Å². The molecule has 2 nitrogen and oxygen atoms in total. The van der Waals surface area contributed by atoms with Crippen molar-refractivity contribution < 1.29 is 5.11 Å². The second kappa shape index (κ2) is 4.62. The molecule has 1 atom stereocenters. The summed E-state index contributed by atoms with van der Waals surface area (Å²) >= 11 is 3.53. The normalized spacial score (nSPS) is 23.1. The lowest BCUT2D eigenvalue weighted by Crippen LogP contribution is -2.38. The smallest absolute Gasteiger partial charge is 0.0477 e. The molecule has 1 aliphatic rings. The van der Waals surface area contributed by atoms with E-state index in [0.717, 1.165) is 17.4 Å². The average Bonchev–Trinajstić information content (AvgIpc) is 2.58. The van der Waals surface area contributed by atoms with Crippen LogP contribution in [0.3, 0.4) is 0 Å². The van der Waals surface area contributed by atoms with E-state index in [1.54, 1.807) is 0 Å². The van der Waals surface area contributed by atoms with Gasteiger partial charge in [-0.05, 0) is 51.0 Å². The van der Waals surface area contributed by atoms with Crippen LogP contribution in [0.25, 0.3) is 0 Å². The zero-order valence-corrected chi connectivity index (χ0v) is 12.3. The Hall–Kier alpha value is -0.540. The van der Waals surface area contributed by atoms with Gasteiger partial charge in [-0.3, -0.25) is 0 Å². The lowest BCUT2D eigenvalue weighted by Gasteiger charge is -2.34. The van der Waals surface area contributed by atoms with Gasteiger partial charge in [0.05, 0.1) is 0 Å². The molecule has 0 aliphatic carbocycles. The predicted octanol–water partition coefficient (Wildman–Crippen LogP) is 3.35. The molecule has 0 saturated carbocycles. The van der Waals surface area contributed by atoms with Crippen molar-refractivity contribution in [3.8, 4) is 0 Å². The minimum atomic E-state index is 0.133. The molecule has 1 saturated heterocycles. The maximum absolute atomic E-state index is 9.33. The van der Waals surface area contributed by atoms with Crippen LogP contribution in [-0.4, -0.2) is 23.8 Å². The summed E-state index contributed by atoms with van der Waals surface area (Å²) in [7, 11) is 0. The summed E-state index contributed by atoms with van der Waals surface area (Å²) in [5.74, 6) is 0.397. The number of halogens is 1. The number of nitrogens with zero attached hydrogens (tertiary/aromatic N) is 1. The van der Waals surface area contributed by atoms with E-state index >= 15 is 0 Å². The number of aliphatic hydroxyl groups excluding tert-OH is 1. The summed E-state index contributed by atoms with van der Waals surface area (Å²) < 4.78 is 1.15. The fraction of sp³-hybridized carbons (Fsp3) is 0.571. The molecule has 1 aromatic rings. The quantitative estimate of drug-likeness (QED) is 0.905. The molecule has 0 bridgehead atoms. The van der Waals surface area contributed by atoms with E-state index in [1.807, 2.05) is 0 Å². The Morgan fingerprint density at radius 2 is 2.18 bits per heavy atom. The molecule has 1 aliphatic heterocycles. The fourth-order valence-electron chi connectivity index (χ4n) is 2.76. The number of benzene rings is 1. The lowest BCUT2D eigenvalue weighted by atomic mass is 9.96. The van der Waals surface area contributed by atoms with Gasteiger partial charge in [-0.2, -0.15) is 0 Å². The zero-order chi connectivity index (χ0) is 12.6. The third-order valence-corrected chi connectivity index (χ3v) is 4.56. The number of anilines is 1. The molecule has 94 valence electrons. The van der Waals surface area contributed by atoms with Crippen molar-refractivity contribution in [2.24, 2.45) is 5.92 Å². The van der Waals surface area contributed by atoms with Crippen LogP contribution in [0.2, 0.25) is 0 Å². The van der Waals surface area contributed by atoms with Crippen LogP contribution < -0.4 is 4.90 Å². The van der Waals surface area contributed by atoms with Crippen LogP contribution in [0.1, 0.15) is 25.8 Å². The van der Waals surface area contributed by atoms with Gasteiger partial charge < -0.3 is 10.0 Å². The summed E-state index contributed by atoms with van der Waals surface area (Å²) in [4.78, 5) is 2.41. The monoisotopic (exact) mass is 297 g/mol. The van der Waals surface area contributed by atoms with E-state index in [1.165, 1.54) is 11.3 Å². The van der Waals surface area contributed by atoms with Crippen LogP contribution in [0.4, 0.5) is 5.69 Å². The van der Waals surface area contributed by atoms with E-state index in [2.05, 4.69) is 59.8 Å². The highest BCUT2D eigenvalue weighted by Gasteiger charge is 2.37. The third-order valence-electron chi connectivity index (χ3n) is 3.67. The highest BCUT2D eigenvalue weighted by atomic mass is 79.9. The molecule has 1 aromatic carbocycles. The first-order valence-corrected chi connectivity index (χ1v) is 6.88. The standard InChI is InChI=1S/C14H20BrNO/c1-10-6-12(4-5-13(10)15)16-8-11(9-17)7-14(16,2)3/h4-6,11,17H,7-9H2,1-3H3. The third kappa shape index (κ3) is 2.50. The van der Waals surface area contributed by atoms with Gasteiger partial charge in [-0.25, -0.2) is 0 Å². The Balaban J connectivity index is 2.30. The van der Waals surface area contributed by atoms with Gasteiger partial charge in [0.25, 0.3) is 0 Å². The molecular formula is C14H20BrNO. The van der Waals surface area contributed by atoms with Gasteiger partial charge >= 0.3 is 0 Å². The minimum Gasteiger partial charge on any atom is -0.396 e. The van der Waals surface area contributed by atoms with Gasteiger partial charge in [-0.15, -0.1) is 0 Å². The molecule has 17 heavy (non-hydrogen) atoms. The molecule has 1 N–H and O–H groups in total. The van der Waals surface area contributed by atoms with Crippen molar-refractivity contribution in [1.29, 1.82) is 0 Å². The van der Waals surface area contributed by atoms with E-state index in [4.69, 9.17) is 0 Å². The molecule has 3 heteroatoms. The van der Waals surface area contributed by atoms with Crippen molar-refractivity contribution in [3.63, 3.8) is 0 Å². The molecule has 1 unspecified atom stereocenters. The maximum atomic E-state index is 9.33. The molecule has 1 fully saturated rings. The first kappa shape index (κ1) is 12.9. The van der Waals surface area contributed by atoms with E-state index in [0.29, 0.717) is 5.92 Å². The van der Waals surface area contributed by atoms with Crippen molar-refractivity contribution in [3.05, 3.63) is 28.2 Å². The number of hydrogen-bond donors (Lipinski definition) is 1. The lowest BCUT2D eigenvalue weighted by molar-refractivity contribution is 0.232. The summed E-state index contributed by atoms with van der Waals surface area (Å²) in [5.41, 5.74) is 2.64. The second-order valence-corrected chi connectivity index (χ2v) is 6.46. The molecule has 0 radical (unpaired) electrons. The number of hydrogen-bond acceptors (Lipinski definition) is 2. The predicted molar refractivity (Wildman–Crippen MR) is 75.5 cm³/mol. The SMILES string of the molecule is Cc1cc(N2CC(CO)CC2(C)C)ccc1Br. The highest BCUT2D eigenvalue weighted by molar-refractivity contribution is 9.10. The first-order chi connectivity index (χ1) is 7.94. The number of aliphatic hydroxyl groups is 1. The van der Waals surface area contributed by atoms with Gasteiger partial charge in [-0.1, -0.05) is 15.9 Å². The van der Waals surface area contributed by atoms with Crippen molar-refractivity contribution in [2.45, 2.75) is 32.7 Å². The largest absolute Gasteiger partial charge is 0.396 e. The summed E-state index contributed by atoms with van der Waals surface area (Å²) in [6.45, 7) is 7.85. The van der Waals surface area contributed by atoms with Crippen LogP contribution in [-0.2, 0) is 0 Å². The molecule has 1 heterocycles. The maximum Gasteiger partial charge on any atom is 0.0477 e. The summed E-state index contributed by atoms with van der Waals surface area (Å²) in [6.07, 6.45) is 1.05. The molecule has 2 rings (SSSR count). The Labute approximate surface area is 112 Å². The van der Waals surface area contributed by atoms with E-state index in [9.17, 15) is 5.11 Å². The number of rotatable bonds is 2. The Bertz CT molecular complexity index is 417.